The summed E-state index contributed by atoms with van der Waals surface area (Å²) in [5.41, 5.74) is 0.675. The van der Waals surface area contributed by atoms with Crippen molar-refractivity contribution in [2.75, 3.05) is 25.1 Å². The second kappa shape index (κ2) is 10.7. The average molecular weight is 435 g/mol. The first-order chi connectivity index (χ1) is 14.2. The number of ether oxygens (including phenoxy) is 2. The zero-order valence-corrected chi connectivity index (χ0v) is 18.0. The predicted octanol–water partition coefficient (Wildman–Crippen LogP) is 2.35. The highest BCUT2D eigenvalue weighted by atomic mass is 32.2. The maximum atomic E-state index is 12.4. The lowest BCUT2D eigenvalue weighted by Gasteiger charge is -2.21. The van der Waals surface area contributed by atoms with Gasteiger partial charge in [-0.1, -0.05) is 18.2 Å². The van der Waals surface area contributed by atoms with Crippen LogP contribution in [0.25, 0.3) is 0 Å². The summed E-state index contributed by atoms with van der Waals surface area (Å²) in [6.45, 7) is 3.64. The maximum Gasteiger partial charge on any atom is 0.307 e. The molecule has 0 spiro atoms. The summed E-state index contributed by atoms with van der Waals surface area (Å²) in [6, 6.07) is 14.9. The number of nitrogens with one attached hydrogen (secondary N) is 1. The summed E-state index contributed by atoms with van der Waals surface area (Å²) >= 11 is 0. The van der Waals surface area contributed by atoms with E-state index in [0.29, 0.717) is 18.0 Å². The number of hydrogen-bond acceptors (Lipinski definition) is 6. The standard InChI is InChI=1S/C21H26N2O6S/c1-4-28-18-10-12-19(13-11-18)30(26,27)22-15-14-20(24)29-16(2)21(25)23(3)17-8-6-5-7-9-17/h5-13,16,22H,4,14-15H2,1-3H3. The summed E-state index contributed by atoms with van der Waals surface area (Å²) in [7, 11) is -2.18. The number of hydrogen-bond donors (Lipinski definition) is 1. The number of nitrogens with zero attached hydrogens (tertiary/aromatic N) is 1. The van der Waals surface area contributed by atoms with E-state index in [4.69, 9.17) is 9.47 Å². The van der Waals surface area contributed by atoms with Crippen LogP contribution in [-0.2, 0) is 24.3 Å². The highest BCUT2D eigenvalue weighted by Crippen LogP contribution is 2.16. The van der Waals surface area contributed by atoms with E-state index in [1.54, 1.807) is 43.4 Å². The molecule has 9 heteroatoms. The molecule has 0 saturated carbocycles. The van der Waals surface area contributed by atoms with Gasteiger partial charge >= 0.3 is 5.97 Å². The summed E-state index contributed by atoms with van der Waals surface area (Å²) in [6.07, 6.45) is -1.20. The third-order valence-corrected chi connectivity index (χ3v) is 5.67. The Morgan fingerprint density at radius 3 is 2.30 bits per heavy atom. The Morgan fingerprint density at radius 2 is 1.70 bits per heavy atom. The molecule has 0 aliphatic heterocycles. The summed E-state index contributed by atoms with van der Waals surface area (Å²) in [4.78, 5) is 25.9. The van der Waals surface area contributed by atoms with Crippen LogP contribution in [0.1, 0.15) is 20.3 Å². The minimum Gasteiger partial charge on any atom is -0.494 e. The number of esters is 1. The van der Waals surface area contributed by atoms with Gasteiger partial charge in [-0.3, -0.25) is 9.59 Å². The number of rotatable bonds is 10. The van der Waals surface area contributed by atoms with Crippen LogP contribution in [0.3, 0.4) is 0 Å². The Morgan fingerprint density at radius 1 is 1.07 bits per heavy atom. The fraction of sp³-hybridized carbons (Fsp3) is 0.333. The van der Waals surface area contributed by atoms with Crippen molar-refractivity contribution in [1.82, 2.24) is 4.72 Å². The van der Waals surface area contributed by atoms with Gasteiger partial charge < -0.3 is 14.4 Å². The quantitative estimate of drug-likeness (QED) is 0.576. The van der Waals surface area contributed by atoms with Crippen molar-refractivity contribution < 1.29 is 27.5 Å². The summed E-state index contributed by atoms with van der Waals surface area (Å²) in [5.74, 6) is -0.490. The largest absolute Gasteiger partial charge is 0.494 e. The smallest absolute Gasteiger partial charge is 0.307 e. The molecule has 0 aromatic heterocycles. The first-order valence-corrected chi connectivity index (χ1v) is 11.0. The van der Waals surface area contributed by atoms with Gasteiger partial charge in [-0.05, 0) is 50.2 Å². The lowest BCUT2D eigenvalue weighted by Crippen LogP contribution is -2.38. The molecule has 2 aromatic carbocycles. The van der Waals surface area contributed by atoms with Crippen molar-refractivity contribution in [2.24, 2.45) is 0 Å². The van der Waals surface area contributed by atoms with E-state index >= 15 is 0 Å². The summed E-state index contributed by atoms with van der Waals surface area (Å²) < 4.78 is 37.3. The van der Waals surface area contributed by atoms with E-state index in [2.05, 4.69) is 4.72 Å². The van der Waals surface area contributed by atoms with Crippen molar-refractivity contribution in [2.45, 2.75) is 31.3 Å². The molecule has 1 amide bonds. The Hall–Kier alpha value is -2.91. The first kappa shape index (κ1) is 23.4. The molecule has 0 radical (unpaired) electrons. The van der Waals surface area contributed by atoms with E-state index in [-0.39, 0.29) is 23.8 Å². The number of benzene rings is 2. The molecule has 2 aromatic rings. The molecule has 8 nitrogen and oxygen atoms in total. The van der Waals surface area contributed by atoms with Gasteiger partial charge in [0.15, 0.2) is 6.10 Å². The SMILES string of the molecule is CCOc1ccc(S(=O)(=O)NCCC(=O)OC(C)C(=O)N(C)c2ccccc2)cc1. The molecule has 2 rings (SSSR count). The molecule has 0 heterocycles. The molecule has 162 valence electrons. The van der Waals surface area contributed by atoms with E-state index in [9.17, 15) is 18.0 Å². The van der Waals surface area contributed by atoms with Crippen LogP contribution < -0.4 is 14.4 Å². The molecule has 0 aliphatic carbocycles. The molecule has 1 atom stereocenters. The number of likely N-dealkylation sites (N-methyl/N-ethyl adjacent to an activating group) is 1. The number of sulfonamides is 1. The molecule has 0 fully saturated rings. The van der Waals surface area contributed by atoms with Crippen LogP contribution in [-0.4, -0.2) is 46.6 Å². The maximum absolute atomic E-state index is 12.4. The van der Waals surface area contributed by atoms with Gasteiger partial charge in [0, 0.05) is 19.3 Å². The van der Waals surface area contributed by atoms with E-state index in [0.717, 1.165) is 0 Å². The molecule has 0 aliphatic rings. The predicted molar refractivity (Wildman–Crippen MR) is 113 cm³/mol. The van der Waals surface area contributed by atoms with Gasteiger partial charge in [-0.15, -0.1) is 0 Å². The zero-order chi connectivity index (χ0) is 22.1. The highest BCUT2D eigenvalue weighted by Gasteiger charge is 2.22. The second-order valence-electron chi connectivity index (χ2n) is 6.42. The number of carbonyl (C=O) groups excluding carboxylic acids is 2. The Bertz CT molecular complexity index is 945. The molecular formula is C21H26N2O6S. The molecule has 0 bridgehead atoms. The molecular weight excluding hydrogens is 408 g/mol. The van der Waals surface area contributed by atoms with E-state index in [1.165, 1.54) is 24.0 Å². The van der Waals surface area contributed by atoms with E-state index < -0.39 is 22.1 Å². The number of anilines is 1. The van der Waals surface area contributed by atoms with Gasteiger partial charge in [0.05, 0.1) is 17.9 Å². The number of carbonyl (C=O) groups is 2. The minimum absolute atomic E-state index is 0.0624. The van der Waals surface area contributed by atoms with Crippen LogP contribution in [0.5, 0.6) is 5.75 Å². The number of para-hydroxylation sites is 1. The zero-order valence-electron chi connectivity index (χ0n) is 17.2. The van der Waals surface area contributed by atoms with Gasteiger partial charge in [-0.25, -0.2) is 13.1 Å². The van der Waals surface area contributed by atoms with Gasteiger partial charge in [0.25, 0.3) is 5.91 Å². The fourth-order valence-electron chi connectivity index (χ4n) is 2.61. The lowest BCUT2D eigenvalue weighted by atomic mass is 10.2. The third-order valence-electron chi connectivity index (χ3n) is 4.20. The fourth-order valence-corrected chi connectivity index (χ4v) is 3.64. The highest BCUT2D eigenvalue weighted by molar-refractivity contribution is 7.89. The van der Waals surface area contributed by atoms with Gasteiger partial charge in [0.2, 0.25) is 10.0 Å². The van der Waals surface area contributed by atoms with Crippen molar-refractivity contribution in [3.8, 4) is 5.75 Å². The molecule has 30 heavy (non-hydrogen) atoms. The van der Waals surface area contributed by atoms with Crippen molar-refractivity contribution >= 4 is 27.6 Å². The van der Waals surface area contributed by atoms with Crippen LogP contribution in [0.2, 0.25) is 0 Å². The van der Waals surface area contributed by atoms with Crippen molar-refractivity contribution in [3.63, 3.8) is 0 Å². The Balaban J connectivity index is 1.82. The topological polar surface area (TPSA) is 102 Å². The van der Waals surface area contributed by atoms with Gasteiger partial charge in [0.1, 0.15) is 5.75 Å². The van der Waals surface area contributed by atoms with Gasteiger partial charge in [-0.2, -0.15) is 0 Å². The molecule has 1 unspecified atom stereocenters. The Labute approximate surface area is 176 Å². The minimum atomic E-state index is -3.77. The normalized spacial score (nSPS) is 12.1. The number of amides is 1. The Kier molecular flexibility index (Phi) is 8.37. The average Bonchev–Trinajstić information content (AvgIpc) is 2.73. The first-order valence-electron chi connectivity index (χ1n) is 9.49. The lowest BCUT2D eigenvalue weighted by molar-refractivity contribution is -0.153. The van der Waals surface area contributed by atoms with E-state index in [1.807, 2.05) is 13.0 Å². The summed E-state index contributed by atoms with van der Waals surface area (Å²) in [5, 5.41) is 0. The van der Waals surface area contributed by atoms with Crippen LogP contribution in [0, 0.1) is 0 Å². The van der Waals surface area contributed by atoms with Crippen LogP contribution >= 0.6 is 0 Å². The second-order valence-corrected chi connectivity index (χ2v) is 8.18. The molecule has 1 N–H and O–H groups in total. The van der Waals surface area contributed by atoms with Crippen molar-refractivity contribution in [3.05, 3.63) is 54.6 Å². The molecule has 0 saturated heterocycles. The van der Waals surface area contributed by atoms with Crippen LogP contribution in [0.15, 0.2) is 59.5 Å². The van der Waals surface area contributed by atoms with Crippen molar-refractivity contribution in [1.29, 1.82) is 0 Å². The third kappa shape index (κ3) is 6.57. The van der Waals surface area contributed by atoms with Crippen LogP contribution in [0.4, 0.5) is 5.69 Å². The monoisotopic (exact) mass is 434 g/mol.